The van der Waals surface area contributed by atoms with Crippen molar-refractivity contribution in [3.8, 4) is 0 Å². The first-order valence-electron chi connectivity index (χ1n) is 10.5. The molecule has 2 aromatic carbocycles. The summed E-state index contributed by atoms with van der Waals surface area (Å²) in [6.07, 6.45) is 0.840. The number of cyclic esters (lactones) is 1. The zero-order valence-electron chi connectivity index (χ0n) is 17.8. The minimum atomic E-state index is -0.491. The number of nitrogens with zero attached hydrogens (tertiary/aromatic N) is 3. The molecule has 1 amide bonds. The molecule has 2 heterocycles. The summed E-state index contributed by atoms with van der Waals surface area (Å²) in [6.45, 7) is 7.12. The molecule has 2 fully saturated rings. The van der Waals surface area contributed by atoms with Gasteiger partial charge < -0.3 is 14.4 Å². The van der Waals surface area contributed by atoms with E-state index in [0.717, 1.165) is 5.56 Å². The van der Waals surface area contributed by atoms with E-state index in [9.17, 15) is 9.18 Å². The first-order valence-corrected chi connectivity index (χ1v) is 10.8. The third-order valence-electron chi connectivity index (χ3n) is 4.89. The van der Waals surface area contributed by atoms with Crippen LogP contribution in [0.2, 0.25) is 5.02 Å². The Morgan fingerprint density at radius 2 is 1.87 bits per heavy atom. The van der Waals surface area contributed by atoms with Gasteiger partial charge in [0, 0.05) is 24.3 Å². The summed E-state index contributed by atoms with van der Waals surface area (Å²) in [5, 5.41) is 0.661. The molecule has 0 radical (unpaired) electrons. The Hall–Kier alpha value is -2.64. The van der Waals surface area contributed by atoms with Gasteiger partial charge in [-0.3, -0.25) is 9.89 Å². The number of benzene rings is 2. The average Bonchev–Trinajstić information content (AvgIpc) is 3.17. The Labute approximate surface area is 187 Å². The van der Waals surface area contributed by atoms with Crippen LogP contribution in [0.1, 0.15) is 19.4 Å². The van der Waals surface area contributed by atoms with Crippen LogP contribution in [0.4, 0.5) is 20.6 Å². The minimum absolute atomic E-state index is 0.327. The lowest BCUT2D eigenvalue weighted by Crippen LogP contribution is -2.36. The summed E-state index contributed by atoms with van der Waals surface area (Å²) in [5.41, 5.74) is 1.92. The largest absolute Gasteiger partial charge is 0.442 e. The topological polar surface area (TPSA) is 54.4 Å². The van der Waals surface area contributed by atoms with E-state index < -0.39 is 6.09 Å². The summed E-state index contributed by atoms with van der Waals surface area (Å²) in [7, 11) is 0. The molecule has 8 heteroatoms. The predicted octanol–water partition coefficient (Wildman–Crippen LogP) is 4.79. The molecule has 2 saturated heterocycles. The highest BCUT2D eigenvalue weighted by molar-refractivity contribution is 6.30. The van der Waals surface area contributed by atoms with Crippen molar-refractivity contribution in [1.82, 2.24) is 0 Å². The van der Waals surface area contributed by atoms with Gasteiger partial charge in [0.1, 0.15) is 11.9 Å². The van der Waals surface area contributed by atoms with Crippen molar-refractivity contribution in [2.75, 3.05) is 49.2 Å². The molecule has 2 aliphatic heterocycles. The van der Waals surface area contributed by atoms with E-state index >= 15 is 0 Å². The Bertz CT molecular complexity index is 901. The standard InChI is InChI=1S/C21H21ClFN3O3.C2H6/c22-16-3-1-15(2-4-16)12-24-13-18-14-26(21(27)29-18)17-5-6-20(19(23)11-17)25-7-9-28-10-8-25;1-2/h1-6,11-12,18H,7-10,13-14H2;1-2H3. The number of anilines is 2. The molecule has 0 N–H and O–H groups in total. The molecule has 2 aliphatic rings. The fourth-order valence-corrected chi connectivity index (χ4v) is 3.50. The van der Waals surface area contributed by atoms with Gasteiger partial charge in [-0.15, -0.1) is 0 Å². The second kappa shape index (κ2) is 11.1. The van der Waals surface area contributed by atoms with Crippen molar-refractivity contribution in [3.63, 3.8) is 0 Å². The Morgan fingerprint density at radius 3 is 2.55 bits per heavy atom. The molecule has 1 unspecified atom stereocenters. The minimum Gasteiger partial charge on any atom is -0.442 e. The van der Waals surface area contributed by atoms with Crippen molar-refractivity contribution in [1.29, 1.82) is 0 Å². The Kier molecular flexibility index (Phi) is 8.26. The van der Waals surface area contributed by atoms with Crippen molar-refractivity contribution >= 4 is 35.3 Å². The molecule has 31 heavy (non-hydrogen) atoms. The van der Waals surface area contributed by atoms with Gasteiger partial charge in [0.2, 0.25) is 0 Å². The molecule has 1 atom stereocenters. The zero-order valence-corrected chi connectivity index (χ0v) is 18.5. The van der Waals surface area contributed by atoms with E-state index in [-0.39, 0.29) is 11.9 Å². The quantitative estimate of drug-likeness (QED) is 0.618. The van der Waals surface area contributed by atoms with Gasteiger partial charge in [-0.05, 0) is 35.9 Å². The fourth-order valence-electron chi connectivity index (χ4n) is 3.38. The number of hydrogen-bond donors (Lipinski definition) is 0. The van der Waals surface area contributed by atoms with Crippen LogP contribution in [0.15, 0.2) is 47.5 Å². The molecule has 4 rings (SSSR count). The summed E-state index contributed by atoms with van der Waals surface area (Å²) in [5.74, 6) is -0.360. The van der Waals surface area contributed by atoms with Crippen LogP contribution in [-0.2, 0) is 9.47 Å². The monoisotopic (exact) mass is 447 g/mol. The number of amides is 1. The number of carbonyl (C=O) groups excluding carboxylic acids is 1. The van der Waals surface area contributed by atoms with Crippen LogP contribution in [0.5, 0.6) is 0 Å². The van der Waals surface area contributed by atoms with E-state index in [2.05, 4.69) is 4.99 Å². The highest BCUT2D eigenvalue weighted by Crippen LogP contribution is 2.28. The van der Waals surface area contributed by atoms with Gasteiger partial charge in [0.15, 0.2) is 0 Å². The number of ether oxygens (including phenoxy) is 2. The lowest BCUT2D eigenvalue weighted by atomic mass is 10.2. The maximum absolute atomic E-state index is 14.6. The molecule has 0 aliphatic carbocycles. The van der Waals surface area contributed by atoms with E-state index in [0.29, 0.717) is 55.8 Å². The van der Waals surface area contributed by atoms with Gasteiger partial charge in [-0.2, -0.15) is 0 Å². The van der Waals surface area contributed by atoms with E-state index in [1.165, 1.54) is 11.0 Å². The predicted molar refractivity (Wildman–Crippen MR) is 122 cm³/mol. The molecule has 0 bridgehead atoms. The highest BCUT2D eigenvalue weighted by atomic mass is 35.5. The first kappa shape index (κ1) is 23.0. The third kappa shape index (κ3) is 5.95. The summed E-state index contributed by atoms with van der Waals surface area (Å²) in [6, 6.07) is 12.1. The lowest BCUT2D eigenvalue weighted by molar-refractivity contribution is 0.122. The molecule has 0 aromatic heterocycles. The number of aliphatic imine (C=N–C) groups is 1. The normalized spacial score (nSPS) is 18.7. The first-order chi connectivity index (χ1) is 15.1. The van der Waals surface area contributed by atoms with Gasteiger partial charge in [-0.25, -0.2) is 9.18 Å². The number of morpholine rings is 1. The third-order valence-corrected chi connectivity index (χ3v) is 5.14. The van der Waals surface area contributed by atoms with Crippen LogP contribution in [0, 0.1) is 5.82 Å². The highest BCUT2D eigenvalue weighted by Gasteiger charge is 2.32. The summed E-state index contributed by atoms with van der Waals surface area (Å²) >= 11 is 5.86. The van der Waals surface area contributed by atoms with Crippen LogP contribution in [0.3, 0.4) is 0 Å². The summed E-state index contributed by atoms with van der Waals surface area (Å²) < 4.78 is 25.3. The summed E-state index contributed by atoms with van der Waals surface area (Å²) in [4.78, 5) is 20.0. The fraction of sp³-hybridized carbons (Fsp3) is 0.391. The molecular formula is C23H27ClFN3O3. The van der Waals surface area contributed by atoms with Crippen molar-refractivity contribution in [2.24, 2.45) is 4.99 Å². The van der Waals surface area contributed by atoms with E-state index in [1.807, 2.05) is 30.9 Å². The van der Waals surface area contributed by atoms with E-state index in [1.54, 1.807) is 30.5 Å². The maximum atomic E-state index is 14.6. The van der Waals surface area contributed by atoms with Crippen LogP contribution in [-0.4, -0.2) is 57.8 Å². The van der Waals surface area contributed by atoms with Crippen molar-refractivity contribution in [2.45, 2.75) is 20.0 Å². The van der Waals surface area contributed by atoms with E-state index in [4.69, 9.17) is 21.1 Å². The number of halogens is 2. The smallest absolute Gasteiger partial charge is 0.414 e. The number of carbonyl (C=O) groups is 1. The molecule has 6 nitrogen and oxygen atoms in total. The number of rotatable bonds is 5. The SMILES string of the molecule is CC.O=C1OC(CN=Cc2ccc(Cl)cc2)CN1c1ccc(N2CCOCC2)c(F)c1. The van der Waals surface area contributed by atoms with Gasteiger partial charge in [0.25, 0.3) is 0 Å². The Balaban J connectivity index is 0.00000132. The van der Waals surface area contributed by atoms with Crippen LogP contribution >= 0.6 is 11.6 Å². The number of hydrogen-bond acceptors (Lipinski definition) is 5. The molecular weight excluding hydrogens is 421 g/mol. The molecule has 0 spiro atoms. The van der Waals surface area contributed by atoms with Gasteiger partial charge in [-0.1, -0.05) is 37.6 Å². The molecule has 166 valence electrons. The van der Waals surface area contributed by atoms with Gasteiger partial charge in [0.05, 0.1) is 37.7 Å². The second-order valence-corrected chi connectivity index (χ2v) is 7.33. The van der Waals surface area contributed by atoms with Crippen molar-refractivity contribution < 1.29 is 18.7 Å². The molecule has 2 aromatic rings. The van der Waals surface area contributed by atoms with Crippen LogP contribution < -0.4 is 9.80 Å². The molecule has 0 saturated carbocycles. The lowest BCUT2D eigenvalue weighted by Gasteiger charge is -2.29. The maximum Gasteiger partial charge on any atom is 0.414 e. The van der Waals surface area contributed by atoms with Gasteiger partial charge >= 0.3 is 6.09 Å². The Morgan fingerprint density at radius 1 is 1.16 bits per heavy atom. The average molecular weight is 448 g/mol. The zero-order chi connectivity index (χ0) is 22.2. The second-order valence-electron chi connectivity index (χ2n) is 6.90. The van der Waals surface area contributed by atoms with Crippen LogP contribution in [0.25, 0.3) is 0 Å². The van der Waals surface area contributed by atoms with Crippen molar-refractivity contribution in [3.05, 3.63) is 58.9 Å².